The molecule has 3 aromatic carbocycles. The maximum absolute atomic E-state index is 12.8. The summed E-state index contributed by atoms with van der Waals surface area (Å²) in [6, 6.07) is 18.3. The van der Waals surface area contributed by atoms with Crippen molar-refractivity contribution in [2.75, 3.05) is 0 Å². The van der Waals surface area contributed by atoms with Crippen molar-refractivity contribution in [2.24, 2.45) is 0 Å². The number of allylic oxidation sites excluding steroid dienone is 1. The van der Waals surface area contributed by atoms with Gasteiger partial charge in [0, 0.05) is 5.92 Å². The quantitative estimate of drug-likeness (QED) is 0.409. The Morgan fingerprint density at radius 3 is 2.45 bits per heavy atom. The summed E-state index contributed by atoms with van der Waals surface area (Å²) in [6.45, 7) is 4.35. The summed E-state index contributed by atoms with van der Waals surface area (Å²) < 4.78 is 44.4. The largest absolute Gasteiger partial charge is 0.489 e. The van der Waals surface area contributed by atoms with Crippen LogP contribution in [0.2, 0.25) is 0 Å². The first-order chi connectivity index (χ1) is 15.7. The number of carboxylic acid groups (broad SMARTS) is 1. The molecule has 0 saturated heterocycles. The number of fused-ring (bicyclic) bond motifs is 1. The highest BCUT2D eigenvalue weighted by Crippen LogP contribution is 2.39. The first kappa shape index (κ1) is 22.6. The van der Waals surface area contributed by atoms with Crippen LogP contribution in [0.15, 0.2) is 78.9 Å². The van der Waals surface area contributed by atoms with Crippen LogP contribution in [0.25, 0.3) is 11.1 Å². The smallest absolute Gasteiger partial charge is 0.416 e. The average molecular weight is 452 g/mol. The number of rotatable bonds is 6. The molecule has 0 aromatic heterocycles. The molecule has 1 aliphatic carbocycles. The van der Waals surface area contributed by atoms with Crippen LogP contribution < -0.4 is 4.74 Å². The van der Waals surface area contributed by atoms with Crippen molar-refractivity contribution in [2.45, 2.75) is 38.0 Å². The fraction of sp³-hybridized carbons (Fsp3) is 0.222. The number of benzene rings is 3. The number of halogens is 3. The van der Waals surface area contributed by atoms with Crippen LogP contribution in [0.1, 0.15) is 41.0 Å². The van der Waals surface area contributed by atoms with Crippen molar-refractivity contribution in [1.29, 1.82) is 0 Å². The van der Waals surface area contributed by atoms with E-state index in [1.165, 1.54) is 12.1 Å². The van der Waals surface area contributed by atoms with Gasteiger partial charge in [0.2, 0.25) is 0 Å². The lowest BCUT2D eigenvalue weighted by molar-refractivity contribution is -0.138. The highest BCUT2D eigenvalue weighted by atomic mass is 19.4. The Morgan fingerprint density at radius 1 is 1.00 bits per heavy atom. The Balaban J connectivity index is 1.47. The predicted octanol–water partition coefficient (Wildman–Crippen LogP) is 7.01. The molecule has 0 aliphatic heterocycles. The number of ether oxygens (including phenoxy) is 1. The zero-order valence-electron chi connectivity index (χ0n) is 17.9. The third-order valence-corrected chi connectivity index (χ3v) is 5.95. The molecule has 33 heavy (non-hydrogen) atoms. The van der Waals surface area contributed by atoms with E-state index in [2.05, 4.69) is 6.58 Å². The summed E-state index contributed by atoms with van der Waals surface area (Å²) in [5.41, 5.74) is 4.73. The van der Waals surface area contributed by atoms with E-state index in [-0.39, 0.29) is 12.3 Å². The molecule has 0 heterocycles. The molecule has 0 fully saturated rings. The van der Waals surface area contributed by atoms with Gasteiger partial charge in [0.25, 0.3) is 0 Å². The van der Waals surface area contributed by atoms with E-state index < -0.39 is 17.7 Å². The van der Waals surface area contributed by atoms with E-state index in [0.29, 0.717) is 17.9 Å². The highest BCUT2D eigenvalue weighted by molar-refractivity contribution is 5.69. The lowest BCUT2D eigenvalue weighted by atomic mass is 9.78. The van der Waals surface area contributed by atoms with Gasteiger partial charge in [0.15, 0.2) is 0 Å². The molecule has 3 nitrogen and oxygen atoms in total. The van der Waals surface area contributed by atoms with Gasteiger partial charge in [-0.15, -0.1) is 0 Å². The molecule has 0 amide bonds. The van der Waals surface area contributed by atoms with E-state index in [1.807, 2.05) is 42.5 Å². The van der Waals surface area contributed by atoms with Gasteiger partial charge in [-0.25, -0.2) is 0 Å². The van der Waals surface area contributed by atoms with Crippen molar-refractivity contribution >= 4 is 5.97 Å². The average Bonchev–Trinajstić information content (AvgIpc) is 2.79. The summed E-state index contributed by atoms with van der Waals surface area (Å²) in [5, 5.41) is 9.21. The molecule has 6 heteroatoms. The molecule has 0 radical (unpaired) electrons. The summed E-state index contributed by atoms with van der Waals surface area (Å²) in [4.78, 5) is 11.2. The second-order valence-electron chi connectivity index (χ2n) is 8.23. The lowest BCUT2D eigenvalue weighted by Crippen LogP contribution is -2.15. The first-order valence-corrected chi connectivity index (χ1v) is 10.6. The monoisotopic (exact) mass is 452 g/mol. The van der Waals surface area contributed by atoms with E-state index in [1.54, 1.807) is 0 Å². The number of alkyl halides is 3. The van der Waals surface area contributed by atoms with Gasteiger partial charge in [0.1, 0.15) is 12.4 Å². The third-order valence-electron chi connectivity index (χ3n) is 5.95. The van der Waals surface area contributed by atoms with Crippen LogP contribution in [0.3, 0.4) is 0 Å². The highest BCUT2D eigenvalue weighted by Gasteiger charge is 2.30. The Labute approximate surface area is 190 Å². The molecule has 3 aromatic rings. The molecule has 0 unspecified atom stereocenters. The fourth-order valence-corrected chi connectivity index (χ4v) is 4.21. The van der Waals surface area contributed by atoms with Crippen molar-refractivity contribution in [1.82, 2.24) is 0 Å². The molecule has 170 valence electrons. The second-order valence-corrected chi connectivity index (χ2v) is 8.23. The standard InChI is InChI=1S/C27H23F3O3/c1-17-5-6-21-14-23(11-12-24(21)25(17)15-26(31)32)33-16-18-3-2-4-20(13-18)19-7-9-22(10-8-19)27(28,29)30/h2-4,7-14,25H,1,5-6,15-16H2,(H,31,32)/t25-/m1/s1. The Bertz CT molecular complexity index is 1180. The van der Waals surface area contributed by atoms with Crippen molar-refractivity contribution < 1.29 is 27.8 Å². The zero-order chi connectivity index (χ0) is 23.6. The molecule has 0 spiro atoms. The van der Waals surface area contributed by atoms with Crippen LogP contribution in [0.4, 0.5) is 13.2 Å². The van der Waals surface area contributed by atoms with Gasteiger partial charge in [-0.05, 0) is 71.0 Å². The topological polar surface area (TPSA) is 46.5 Å². The normalized spacial score (nSPS) is 15.7. The number of hydrogen-bond donors (Lipinski definition) is 1. The van der Waals surface area contributed by atoms with E-state index >= 15 is 0 Å². The van der Waals surface area contributed by atoms with Crippen molar-refractivity contribution in [3.8, 4) is 16.9 Å². The van der Waals surface area contributed by atoms with Crippen LogP contribution in [-0.2, 0) is 24.0 Å². The third kappa shape index (κ3) is 5.28. The number of aliphatic carboxylic acids is 1. The summed E-state index contributed by atoms with van der Waals surface area (Å²) in [5.74, 6) is -0.335. The lowest BCUT2D eigenvalue weighted by Gasteiger charge is -2.27. The van der Waals surface area contributed by atoms with Crippen LogP contribution >= 0.6 is 0 Å². The number of carboxylic acids is 1. The number of hydrogen-bond acceptors (Lipinski definition) is 2. The Hall–Kier alpha value is -3.54. The first-order valence-electron chi connectivity index (χ1n) is 10.6. The van der Waals surface area contributed by atoms with E-state index in [9.17, 15) is 23.1 Å². The van der Waals surface area contributed by atoms with Gasteiger partial charge in [-0.3, -0.25) is 4.79 Å². The minimum atomic E-state index is -4.36. The van der Waals surface area contributed by atoms with Crippen LogP contribution in [0, 0.1) is 0 Å². The minimum Gasteiger partial charge on any atom is -0.489 e. The van der Waals surface area contributed by atoms with Gasteiger partial charge in [-0.2, -0.15) is 13.2 Å². The van der Waals surface area contributed by atoms with E-state index in [0.717, 1.165) is 52.8 Å². The minimum absolute atomic E-state index is 0.0305. The number of aryl methyl sites for hydroxylation is 1. The zero-order valence-corrected chi connectivity index (χ0v) is 17.9. The van der Waals surface area contributed by atoms with Gasteiger partial charge >= 0.3 is 12.1 Å². The molecule has 1 N–H and O–H groups in total. The summed E-state index contributed by atoms with van der Waals surface area (Å²) >= 11 is 0. The van der Waals surface area contributed by atoms with Gasteiger partial charge in [-0.1, -0.05) is 48.6 Å². The van der Waals surface area contributed by atoms with E-state index in [4.69, 9.17) is 4.74 Å². The van der Waals surface area contributed by atoms with Crippen LogP contribution in [-0.4, -0.2) is 11.1 Å². The molecule has 1 atom stereocenters. The van der Waals surface area contributed by atoms with Gasteiger partial charge < -0.3 is 9.84 Å². The maximum atomic E-state index is 12.8. The Kier molecular flexibility index (Phi) is 6.27. The predicted molar refractivity (Wildman–Crippen MR) is 120 cm³/mol. The molecule has 4 rings (SSSR count). The molecular formula is C27H23F3O3. The maximum Gasteiger partial charge on any atom is 0.416 e. The van der Waals surface area contributed by atoms with Crippen molar-refractivity contribution in [3.63, 3.8) is 0 Å². The molecular weight excluding hydrogens is 429 g/mol. The molecule has 0 bridgehead atoms. The molecule has 1 aliphatic rings. The van der Waals surface area contributed by atoms with Crippen molar-refractivity contribution in [3.05, 3.63) is 101 Å². The number of carbonyl (C=O) groups is 1. The SMILES string of the molecule is C=C1CCc2cc(OCc3cccc(-c4ccc(C(F)(F)F)cc4)c3)ccc2[C@@H]1CC(=O)O. The summed E-state index contributed by atoms with van der Waals surface area (Å²) in [6.07, 6.45) is -2.78. The van der Waals surface area contributed by atoms with Crippen LogP contribution in [0.5, 0.6) is 5.75 Å². The fourth-order valence-electron chi connectivity index (χ4n) is 4.21. The summed E-state index contributed by atoms with van der Waals surface area (Å²) in [7, 11) is 0. The molecule has 0 saturated carbocycles. The van der Waals surface area contributed by atoms with Gasteiger partial charge in [0.05, 0.1) is 12.0 Å². The second kappa shape index (κ2) is 9.14. The Morgan fingerprint density at radius 2 is 1.76 bits per heavy atom.